The molecule has 0 spiro atoms. The van der Waals surface area contributed by atoms with Crippen LogP contribution in [0.5, 0.6) is 0 Å². The van der Waals surface area contributed by atoms with E-state index in [0.29, 0.717) is 11.3 Å². The number of thiazole rings is 1. The summed E-state index contributed by atoms with van der Waals surface area (Å²) in [5, 5.41) is 13.0. The maximum absolute atomic E-state index is 12.7. The normalized spacial score (nSPS) is 11.8. The van der Waals surface area contributed by atoms with Gasteiger partial charge in [-0.3, -0.25) is 20.2 Å². The monoisotopic (exact) mass is 554 g/mol. The van der Waals surface area contributed by atoms with E-state index >= 15 is 0 Å². The van der Waals surface area contributed by atoms with Crippen LogP contribution < -0.4 is 5.32 Å². The van der Waals surface area contributed by atoms with E-state index in [0.717, 1.165) is 40.8 Å². The Morgan fingerprint density at radius 3 is 2.36 bits per heavy atom. The summed E-state index contributed by atoms with van der Waals surface area (Å²) >= 11 is 0.635. The molecule has 0 fully saturated rings. The van der Waals surface area contributed by atoms with Gasteiger partial charge in [0, 0.05) is 26.2 Å². The molecular formula is C20H18N4O9S3. The molecule has 0 unspecified atom stereocenters. The molecule has 0 bridgehead atoms. The van der Waals surface area contributed by atoms with Crippen LogP contribution >= 0.6 is 11.3 Å². The predicted octanol–water partition coefficient (Wildman–Crippen LogP) is 1.93. The predicted molar refractivity (Wildman–Crippen MR) is 127 cm³/mol. The Hall–Kier alpha value is -3.73. The summed E-state index contributed by atoms with van der Waals surface area (Å²) in [5.41, 5.74) is -0.358. The van der Waals surface area contributed by atoms with E-state index < -0.39 is 43.3 Å². The minimum absolute atomic E-state index is 0.0866. The molecule has 1 heterocycles. The van der Waals surface area contributed by atoms with Crippen LogP contribution in [-0.2, 0) is 29.4 Å². The molecule has 0 saturated carbocycles. The highest BCUT2D eigenvalue weighted by Gasteiger charge is 2.23. The maximum Gasteiger partial charge on any atom is 0.338 e. The van der Waals surface area contributed by atoms with Gasteiger partial charge < -0.3 is 4.74 Å². The van der Waals surface area contributed by atoms with Crippen molar-refractivity contribution in [1.82, 2.24) is 9.29 Å². The molecule has 0 aliphatic carbocycles. The third kappa shape index (κ3) is 5.91. The molecule has 190 valence electrons. The highest BCUT2D eigenvalue weighted by atomic mass is 32.2. The number of esters is 1. The van der Waals surface area contributed by atoms with E-state index in [2.05, 4.69) is 10.3 Å². The summed E-state index contributed by atoms with van der Waals surface area (Å²) in [6.07, 6.45) is 1.01. The number of sulfone groups is 1. The lowest BCUT2D eigenvalue weighted by Crippen LogP contribution is -2.23. The van der Waals surface area contributed by atoms with Crippen molar-refractivity contribution in [3.05, 3.63) is 70.4 Å². The van der Waals surface area contributed by atoms with Gasteiger partial charge in [-0.15, -0.1) is 0 Å². The van der Waals surface area contributed by atoms with Gasteiger partial charge in [0.1, 0.15) is 4.21 Å². The first-order valence-corrected chi connectivity index (χ1v) is 13.5. The fraction of sp³-hybridized carbons (Fsp3) is 0.150. The molecule has 0 aliphatic rings. The smallest absolute Gasteiger partial charge is 0.338 e. The second-order valence-electron chi connectivity index (χ2n) is 7.18. The molecule has 16 heteroatoms. The number of aromatic nitrogens is 1. The van der Waals surface area contributed by atoms with Gasteiger partial charge in [-0.1, -0.05) is 17.4 Å². The fourth-order valence-corrected chi connectivity index (χ4v) is 6.07. The second kappa shape index (κ2) is 10.5. The van der Waals surface area contributed by atoms with Gasteiger partial charge in [-0.05, 0) is 30.3 Å². The molecule has 0 saturated heterocycles. The standard InChI is InChI=1S/C20H18N4O9S3/c1-23(2)36(31,32)16-5-3-4-13(10-16)19(26)33-12-17(25)22-20-21-11-18(34-20)35(29,30)15-8-6-14(7-9-15)24(27)28/h3-11H,12H2,1-2H3,(H,21,22,25). The Morgan fingerprint density at radius 2 is 1.75 bits per heavy atom. The van der Waals surface area contributed by atoms with Crippen molar-refractivity contribution in [2.75, 3.05) is 26.0 Å². The number of ether oxygens (including phenoxy) is 1. The van der Waals surface area contributed by atoms with Crippen molar-refractivity contribution in [3.8, 4) is 0 Å². The largest absolute Gasteiger partial charge is 0.452 e. The summed E-state index contributed by atoms with van der Waals surface area (Å²) in [4.78, 5) is 38.0. The molecule has 0 aliphatic heterocycles. The second-order valence-corrected chi connectivity index (χ2v) is 12.5. The number of sulfonamides is 1. The molecule has 3 rings (SSSR count). The summed E-state index contributed by atoms with van der Waals surface area (Å²) in [5.74, 6) is -1.75. The fourth-order valence-electron chi connectivity index (χ4n) is 2.67. The van der Waals surface area contributed by atoms with E-state index in [4.69, 9.17) is 4.74 Å². The Bertz CT molecular complexity index is 1530. The number of amides is 1. The summed E-state index contributed by atoms with van der Waals surface area (Å²) in [7, 11) is -5.14. The van der Waals surface area contributed by atoms with Crippen LogP contribution in [0.15, 0.2) is 68.7 Å². The third-order valence-corrected chi connectivity index (χ3v) is 9.49. The lowest BCUT2D eigenvalue weighted by Gasteiger charge is -2.12. The Morgan fingerprint density at radius 1 is 1.08 bits per heavy atom. The van der Waals surface area contributed by atoms with E-state index in [1.54, 1.807) is 0 Å². The van der Waals surface area contributed by atoms with Crippen LogP contribution in [0, 0.1) is 10.1 Å². The van der Waals surface area contributed by atoms with Crippen LogP contribution in [0.1, 0.15) is 10.4 Å². The topological polar surface area (TPSA) is 183 Å². The van der Waals surface area contributed by atoms with Crippen LogP contribution in [0.2, 0.25) is 0 Å². The van der Waals surface area contributed by atoms with Crippen LogP contribution in [0.25, 0.3) is 0 Å². The molecule has 1 amide bonds. The average molecular weight is 555 g/mol. The van der Waals surface area contributed by atoms with Gasteiger partial charge in [0.2, 0.25) is 19.9 Å². The first-order chi connectivity index (χ1) is 16.8. The molecule has 36 heavy (non-hydrogen) atoms. The number of anilines is 1. The number of carbonyl (C=O) groups is 2. The van der Waals surface area contributed by atoms with Crippen molar-refractivity contribution in [1.29, 1.82) is 0 Å². The number of carbonyl (C=O) groups excluding carboxylic acids is 2. The average Bonchev–Trinajstić information content (AvgIpc) is 3.31. The highest BCUT2D eigenvalue weighted by Crippen LogP contribution is 2.29. The number of nitrogens with zero attached hydrogens (tertiary/aromatic N) is 3. The Balaban J connectivity index is 1.63. The van der Waals surface area contributed by atoms with Crippen LogP contribution in [0.4, 0.5) is 10.8 Å². The van der Waals surface area contributed by atoms with Crippen molar-refractivity contribution < 1.29 is 36.1 Å². The van der Waals surface area contributed by atoms with Gasteiger partial charge in [0.05, 0.1) is 26.5 Å². The number of non-ortho nitro benzene ring substituents is 1. The number of benzene rings is 2. The van der Waals surface area contributed by atoms with Crippen molar-refractivity contribution in [2.45, 2.75) is 14.0 Å². The number of nitro benzene ring substituents is 1. The van der Waals surface area contributed by atoms with E-state index in [1.165, 1.54) is 32.3 Å². The quantitative estimate of drug-likeness (QED) is 0.233. The minimum atomic E-state index is -4.04. The van der Waals surface area contributed by atoms with Crippen LogP contribution in [-0.4, -0.2) is 63.6 Å². The van der Waals surface area contributed by atoms with E-state index in [9.17, 15) is 36.5 Å². The third-order valence-electron chi connectivity index (χ3n) is 4.54. The van der Waals surface area contributed by atoms with Crippen LogP contribution in [0.3, 0.4) is 0 Å². The number of hydrogen-bond donors (Lipinski definition) is 1. The number of nitro groups is 1. The van der Waals surface area contributed by atoms with Gasteiger partial charge in [-0.2, -0.15) is 0 Å². The Labute approximate surface area is 209 Å². The Kier molecular flexibility index (Phi) is 7.83. The van der Waals surface area contributed by atoms with E-state index in [-0.39, 0.29) is 30.4 Å². The molecule has 0 radical (unpaired) electrons. The van der Waals surface area contributed by atoms with E-state index in [1.807, 2.05) is 0 Å². The maximum atomic E-state index is 12.7. The van der Waals surface area contributed by atoms with Gasteiger partial charge in [0.15, 0.2) is 11.7 Å². The lowest BCUT2D eigenvalue weighted by molar-refractivity contribution is -0.384. The van der Waals surface area contributed by atoms with Gasteiger partial charge in [0.25, 0.3) is 11.6 Å². The lowest BCUT2D eigenvalue weighted by atomic mass is 10.2. The van der Waals surface area contributed by atoms with Crippen molar-refractivity contribution in [3.63, 3.8) is 0 Å². The zero-order chi connectivity index (χ0) is 26.7. The molecular weight excluding hydrogens is 536 g/mol. The number of rotatable bonds is 9. The zero-order valence-electron chi connectivity index (χ0n) is 18.6. The highest BCUT2D eigenvalue weighted by molar-refractivity contribution is 7.93. The first kappa shape index (κ1) is 26.9. The SMILES string of the molecule is CN(C)S(=O)(=O)c1cccc(C(=O)OCC(=O)Nc2ncc(S(=O)(=O)c3ccc([N+](=O)[O-])cc3)s2)c1. The summed E-state index contributed by atoms with van der Waals surface area (Å²) in [6, 6.07) is 9.39. The van der Waals surface area contributed by atoms with Crippen molar-refractivity contribution >= 4 is 53.9 Å². The molecule has 13 nitrogen and oxygen atoms in total. The molecule has 3 aromatic rings. The van der Waals surface area contributed by atoms with Gasteiger partial charge >= 0.3 is 5.97 Å². The summed E-state index contributed by atoms with van der Waals surface area (Å²) < 4.78 is 55.5. The molecule has 2 aromatic carbocycles. The summed E-state index contributed by atoms with van der Waals surface area (Å²) in [6.45, 7) is -0.743. The van der Waals surface area contributed by atoms with Gasteiger partial charge in [-0.25, -0.2) is 30.9 Å². The zero-order valence-corrected chi connectivity index (χ0v) is 21.1. The number of nitrogens with one attached hydrogen (secondary N) is 1. The minimum Gasteiger partial charge on any atom is -0.452 e. The first-order valence-electron chi connectivity index (χ1n) is 9.77. The molecule has 1 aromatic heterocycles. The van der Waals surface area contributed by atoms with Crippen molar-refractivity contribution in [2.24, 2.45) is 0 Å². The molecule has 0 atom stereocenters. The molecule has 1 N–H and O–H groups in total. The number of hydrogen-bond acceptors (Lipinski definition) is 11.